The van der Waals surface area contributed by atoms with Crippen LogP contribution in [0.15, 0.2) is 18.2 Å². The van der Waals surface area contributed by atoms with Crippen molar-refractivity contribution in [1.82, 2.24) is 4.90 Å². The molecule has 0 aliphatic rings. The largest absolute Gasteiger partial charge is 0.508 e. The average Bonchev–Trinajstić information content (AvgIpc) is 2.35. The fraction of sp³-hybridized carbons (Fsp3) is 0.600. The highest BCUT2D eigenvalue weighted by molar-refractivity contribution is 5.35. The van der Waals surface area contributed by atoms with Crippen molar-refractivity contribution in [3.63, 3.8) is 0 Å². The average molecular weight is 268 g/mol. The molecule has 1 unspecified atom stereocenters. The third kappa shape index (κ3) is 4.18. The standard InChI is InChI=1S/C15H25FN2O/c1-5-18(10-15(3,4)9-17)11(2)13-7-6-12(16)8-14(13)19/h6-8,11,19H,5,9-10,17H2,1-4H3. The van der Waals surface area contributed by atoms with Crippen LogP contribution in [0.5, 0.6) is 5.75 Å². The van der Waals surface area contributed by atoms with Gasteiger partial charge in [0.2, 0.25) is 0 Å². The van der Waals surface area contributed by atoms with Crippen molar-refractivity contribution >= 4 is 0 Å². The summed E-state index contributed by atoms with van der Waals surface area (Å²) in [5, 5.41) is 9.87. The zero-order valence-corrected chi connectivity index (χ0v) is 12.3. The fourth-order valence-corrected chi connectivity index (χ4v) is 2.20. The van der Waals surface area contributed by atoms with E-state index in [1.807, 2.05) is 6.92 Å². The normalized spacial score (nSPS) is 13.8. The lowest BCUT2D eigenvalue weighted by Gasteiger charge is -2.35. The van der Waals surface area contributed by atoms with Gasteiger partial charge >= 0.3 is 0 Å². The van der Waals surface area contributed by atoms with Crippen molar-refractivity contribution in [2.75, 3.05) is 19.6 Å². The Hall–Kier alpha value is -1.13. The maximum absolute atomic E-state index is 13.0. The van der Waals surface area contributed by atoms with Gasteiger partial charge in [-0.25, -0.2) is 4.39 Å². The molecule has 1 atom stereocenters. The van der Waals surface area contributed by atoms with Gasteiger partial charge in [-0.3, -0.25) is 4.90 Å². The lowest BCUT2D eigenvalue weighted by atomic mass is 9.91. The van der Waals surface area contributed by atoms with Crippen molar-refractivity contribution in [2.24, 2.45) is 11.1 Å². The molecule has 3 nitrogen and oxygen atoms in total. The molecule has 0 aliphatic carbocycles. The van der Waals surface area contributed by atoms with Gasteiger partial charge in [-0.05, 0) is 31.5 Å². The Morgan fingerprint density at radius 3 is 2.53 bits per heavy atom. The predicted molar refractivity (Wildman–Crippen MR) is 76.6 cm³/mol. The molecule has 0 radical (unpaired) electrons. The molecule has 0 aromatic heterocycles. The summed E-state index contributed by atoms with van der Waals surface area (Å²) in [7, 11) is 0. The van der Waals surface area contributed by atoms with Gasteiger partial charge < -0.3 is 10.8 Å². The zero-order valence-electron chi connectivity index (χ0n) is 12.3. The number of phenols is 1. The minimum absolute atomic E-state index is 0.0107. The summed E-state index contributed by atoms with van der Waals surface area (Å²) in [5.74, 6) is -0.407. The molecule has 0 saturated heterocycles. The zero-order chi connectivity index (χ0) is 14.6. The van der Waals surface area contributed by atoms with Crippen LogP contribution in [0.1, 0.15) is 39.3 Å². The second-order valence-corrected chi connectivity index (χ2v) is 5.81. The maximum Gasteiger partial charge on any atom is 0.126 e. The molecule has 0 aliphatic heterocycles. The van der Waals surface area contributed by atoms with Crippen LogP contribution in [0.25, 0.3) is 0 Å². The number of rotatable bonds is 6. The van der Waals surface area contributed by atoms with Crippen LogP contribution < -0.4 is 5.73 Å². The molecule has 0 heterocycles. The van der Waals surface area contributed by atoms with Crippen molar-refractivity contribution in [3.8, 4) is 5.75 Å². The van der Waals surface area contributed by atoms with E-state index in [0.29, 0.717) is 6.54 Å². The first-order chi connectivity index (χ1) is 8.80. The van der Waals surface area contributed by atoms with E-state index in [4.69, 9.17) is 5.73 Å². The summed E-state index contributed by atoms with van der Waals surface area (Å²) in [6.07, 6.45) is 0. The Morgan fingerprint density at radius 2 is 2.05 bits per heavy atom. The lowest BCUT2D eigenvalue weighted by molar-refractivity contribution is 0.146. The molecular weight excluding hydrogens is 243 g/mol. The third-order valence-electron chi connectivity index (χ3n) is 3.58. The van der Waals surface area contributed by atoms with Gasteiger partial charge in [0.1, 0.15) is 11.6 Å². The molecule has 108 valence electrons. The number of nitrogens with two attached hydrogens (primary N) is 1. The van der Waals surface area contributed by atoms with E-state index in [2.05, 4.69) is 25.7 Å². The lowest BCUT2D eigenvalue weighted by Crippen LogP contribution is -2.40. The molecule has 1 aromatic rings. The second kappa shape index (κ2) is 6.35. The van der Waals surface area contributed by atoms with Gasteiger partial charge in [-0.2, -0.15) is 0 Å². The Kier molecular flexibility index (Phi) is 5.32. The predicted octanol–water partition coefficient (Wildman–Crippen LogP) is 2.90. The molecule has 4 heteroatoms. The van der Waals surface area contributed by atoms with Crippen molar-refractivity contribution < 1.29 is 9.50 Å². The number of phenolic OH excluding ortho intramolecular Hbond substituents is 1. The van der Waals surface area contributed by atoms with E-state index in [-0.39, 0.29) is 17.2 Å². The quantitative estimate of drug-likeness (QED) is 0.834. The molecule has 1 aromatic carbocycles. The van der Waals surface area contributed by atoms with E-state index in [1.165, 1.54) is 6.07 Å². The van der Waals surface area contributed by atoms with Crippen LogP contribution in [-0.2, 0) is 0 Å². The monoisotopic (exact) mass is 268 g/mol. The Bertz CT molecular complexity index is 421. The number of nitrogens with zero attached hydrogens (tertiary/aromatic N) is 1. The van der Waals surface area contributed by atoms with Crippen LogP contribution in [0, 0.1) is 11.2 Å². The first-order valence-electron chi connectivity index (χ1n) is 6.73. The van der Waals surface area contributed by atoms with E-state index in [1.54, 1.807) is 6.07 Å². The molecule has 0 bridgehead atoms. The minimum Gasteiger partial charge on any atom is -0.508 e. The number of hydrogen-bond acceptors (Lipinski definition) is 3. The molecule has 0 amide bonds. The van der Waals surface area contributed by atoms with Crippen molar-refractivity contribution in [3.05, 3.63) is 29.6 Å². The molecule has 3 N–H and O–H groups in total. The van der Waals surface area contributed by atoms with Crippen LogP contribution >= 0.6 is 0 Å². The summed E-state index contributed by atoms with van der Waals surface area (Å²) >= 11 is 0. The van der Waals surface area contributed by atoms with Crippen LogP contribution in [0.4, 0.5) is 4.39 Å². The van der Waals surface area contributed by atoms with Gasteiger partial charge in [0, 0.05) is 24.2 Å². The highest BCUT2D eigenvalue weighted by Crippen LogP contribution is 2.30. The fourth-order valence-electron chi connectivity index (χ4n) is 2.20. The Morgan fingerprint density at radius 1 is 1.42 bits per heavy atom. The summed E-state index contributed by atoms with van der Waals surface area (Å²) in [4.78, 5) is 2.24. The van der Waals surface area contributed by atoms with E-state index in [0.717, 1.165) is 24.7 Å². The first kappa shape index (κ1) is 15.9. The summed E-state index contributed by atoms with van der Waals surface area (Å²) in [6, 6.07) is 4.21. The van der Waals surface area contributed by atoms with Gasteiger partial charge in [0.05, 0.1) is 0 Å². The number of halogens is 1. The first-order valence-corrected chi connectivity index (χ1v) is 6.73. The van der Waals surface area contributed by atoms with Gasteiger partial charge in [0.15, 0.2) is 0 Å². The highest BCUT2D eigenvalue weighted by atomic mass is 19.1. The number of aromatic hydroxyl groups is 1. The van der Waals surface area contributed by atoms with Gasteiger partial charge in [-0.1, -0.05) is 26.8 Å². The second-order valence-electron chi connectivity index (χ2n) is 5.81. The van der Waals surface area contributed by atoms with E-state index < -0.39 is 5.82 Å². The molecule has 0 saturated carbocycles. The topological polar surface area (TPSA) is 49.5 Å². The highest BCUT2D eigenvalue weighted by Gasteiger charge is 2.24. The molecule has 0 spiro atoms. The summed E-state index contributed by atoms with van der Waals surface area (Å²) < 4.78 is 13.0. The summed E-state index contributed by atoms with van der Waals surface area (Å²) in [5.41, 5.74) is 6.53. The number of hydrogen-bond donors (Lipinski definition) is 2. The Labute approximate surface area is 115 Å². The van der Waals surface area contributed by atoms with Gasteiger partial charge in [-0.15, -0.1) is 0 Å². The molecule has 0 fully saturated rings. The molecule has 19 heavy (non-hydrogen) atoms. The Balaban J connectivity index is 2.92. The molecule has 1 rings (SSSR count). The van der Waals surface area contributed by atoms with Crippen LogP contribution in [0.3, 0.4) is 0 Å². The van der Waals surface area contributed by atoms with Crippen LogP contribution in [0.2, 0.25) is 0 Å². The summed E-state index contributed by atoms with van der Waals surface area (Å²) in [6.45, 7) is 10.6. The van der Waals surface area contributed by atoms with Gasteiger partial charge in [0.25, 0.3) is 0 Å². The van der Waals surface area contributed by atoms with E-state index in [9.17, 15) is 9.50 Å². The SMILES string of the molecule is CCN(CC(C)(C)CN)C(C)c1ccc(F)cc1O. The smallest absolute Gasteiger partial charge is 0.126 e. The van der Waals surface area contributed by atoms with Crippen LogP contribution in [-0.4, -0.2) is 29.6 Å². The molecular formula is C15H25FN2O. The van der Waals surface area contributed by atoms with Crippen molar-refractivity contribution in [1.29, 1.82) is 0 Å². The van der Waals surface area contributed by atoms with Crippen molar-refractivity contribution in [2.45, 2.75) is 33.7 Å². The maximum atomic E-state index is 13.0. The van der Waals surface area contributed by atoms with E-state index >= 15 is 0 Å². The number of benzene rings is 1. The third-order valence-corrected chi connectivity index (χ3v) is 3.58. The minimum atomic E-state index is -0.418.